The van der Waals surface area contributed by atoms with Crippen LogP contribution in [0.2, 0.25) is 0 Å². The topological polar surface area (TPSA) is 89.5 Å². The summed E-state index contributed by atoms with van der Waals surface area (Å²) in [7, 11) is 0. The average molecular weight is 469 g/mol. The van der Waals surface area contributed by atoms with E-state index in [2.05, 4.69) is 15.3 Å². The first-order valence-electron chi connectivity index (χ1n) is 10.9. The molecule has 0 atom stereocenters. The van der Waals surface area contributed by atoms with Crippen LogP contribution >= 0.6 is 23.1 Å². The fourth-order valence-corrected chi connectivity index (χ4v) is 6.18. The lowest BCUT2D eigenvalue weighted by Gasteiger charge is -2.09. The van der Waals surface area contributed by atoms with Crippen molar-refractivity contribution in [3.05, 3.63) is 52.1 Å². The van der Waals surface area contributed by atoms with E-state index in [4.69, 9.17) is 4.52 Å². The summed E-state index contributed by atoms with van der Waals surface area (Å²) in [5.41, 5.74) is 2.69. The van der Waals surface area contributed by atoms with Crippen LogP contribution in [0, 0.1) is 12.8 Å². The Morgan fingerprint density at radius 2 is 2.09 bits per heavy atom. The molecule has 3 heterocycles. The Morgan fingerprint density at radius 3 is 2.94 bits per heavy atom. The number of nitrogens with one attached hydrogen (secondary N) is 1. The van der Waals surface area contributed by atoms with E-state index in [9.17, 15) is 9.59 Å². The fraction of sp³-hybridized carbons (Fsp3) is 0.391. The molecule has 166 valence electrons. The third-order valence-corrected chi connectivity index (χ3v) is 7.97. The number of fused-ring (bicyclic) bond motifs is 2. The zero-order valence-corrected chi connectivity index (χ0v) is 19.4. The van der Waals surface area contributed by atoms with Crippen molar-refractivity contribution in [1.82, 2.24) is 14.5 Å². The van der Waals surface area contributed by atoms with E-state index in [-0.39, 0.29) is 11.5 Å². The summed E-state index contributed by atoms with van der Waals surface area (Å²) in [6.07, 6.45) is 6.71. The molecule has 32 heavy (non-hydrogen) atoms. The van der Waals surface area contributed by atoms with Crippen LogP contribution in [-0.2, 0) is 10.5 Å². The average Bonchev–Trinajstić information content (AvgIpc) is 3.49. The number of carbonyl (C=O) groups excluding carboxylic acids is 1. The molecule has 1 aliphatic rings. The van der Waals surface area contributed by atoms with Crippen LogP contribution in [0.5, 0.6) is 0 Å². The molecular weight excluding hydrogens is 444 g/mol. The molecule has 7 nitrogen and oxygen atoms in total. The van der Waals surface area contributed by atoms with Gasteiger partial charge in [-0.3, -0.25) is 9.59 Å². The second kappa shape index (κ2) is 9.07. The van der Waals surface area contributed by atoms with Gasteiger partial charge in [-0.2, -0.15) is 0 Å². The van der Waals surface area contributed by atoms with Gasteiger partial charge in [-0.25, -0.2) is 9.97 Å². The van der Waals surface area contributed by atoms with E-state index in [1.54, 1.807) is 36.1 Å². The largest absolute Gasteiger partial charge is 0.375 e. The predicted octanol–water partition coefficient (Wildman–Crippen LogP) is 5.41. The summed E-state index contributed by atoms with van der Waals surface area (Å²) in [5, 5.41) is 3.03. The second-order valence-electron chi connectivity index (χ2n) is 8.27. The number of nitrogens with zero attached hydrogens (tertiary/aromatic N) is 3. The van der Waals surface area contributed by atoms with E-state index >= 15 is 0 Å². The number of carbonyl (C=O) groups is 1. The number of benzene rings is 1. The highest BCUT2D eigenvalue weighted by atomic mass is 32.2. The van der Waals surface area contributed by atoms with Gasteiger partial charge in [0.1, 0.15) is 5.76 Å². The van der Waals surface area contributed by atoms with Crippen LogP contribution in [0.3, 0.4) is 0 Å². The van der Waals surface area contributed by atoms with E-state index in [0.717, 1.165) is 26.7 Å². The van der Waals surface area contributed by atoms with Crippen molar-refractivity contribution in [1.29, 1.82) is 0 Å². The van der Waals surface area contributed by atoms with E-state index in [1.807, 2.05) is 18.2 Å². The van der Waals surface area contributed by atoms with E-state index in [1.165, 1.54) is 36.3 Å². The van der Waals surface area contributed by atoms with Crippen LogP contribution in [-0.4, -0.2) is 20.4 Å². The lowest BCUT2D eigenvalue weighted by Crippen LogP contribution is -2.12. The van der Waals surface area contributed by atoms with Crippen LogP contribution in [0.4, 0.5) is 5.69 Å². The highest BCUT2D eigenvalue weighted by Crippen LogP contribution is 2.33. The molecule has 0 spiro atoms. The van der Waals surface area contributed by atoms with Crippen molar-refractivity contribution in [3.63, 3.8) is 0 Å². The molecular formula is C23H24N4O3S2. The Bertz CT molecular complexity index is 1330. The van der Waals surface area contributed by atoms with Gasteiger partial charge in [-0.1, -0.05) is 37.4 Å². The number of rotatable bonds is 7. The normalized spacial score (nSPS) is 14.5. The van der Waals surface area contributed by atoms with Crippen molar-refractivity contribution in [2.24, 2.45) is 5.92 Å². The number of hydrogen-bond acceptors (Lipinski definition) is 7. The van der Waals surface area contributed by atoms with Crippen LogP contribution < -0.4 is 10.9 Å². The van der Waals surface area contributed by atoms with Crippen molar-refractivity contribution in [3.8, 4) is 0 Å². The Hall–Kier alpha value is -2.65. The number of thiazole rings is 1. The van der Waals surface area contributed by atoms with Crippen LogP contribution in [0.15, 0.2) is 44.0 Å². The Kier molecular flexibility index (Phi) is 6.01. The summed E-state index contributed by atoms with van der Waals surface area (Å²) >= 11 is 3.12. The summed E-state index contributed by atoms with van der Waals surface area (Å²) in [4.78, 5) is 33.7. The fourth-order valence-electron chi connectivity index (χ4n) is 4.18. The van der Waals surface area contributed by atoms with Crippen molar-refractivity contribution in [2.45, 2.75) is 55.5 Å². The third-order valence-electron chi connectivity index (χ3n) is 5.77. The number of hydrogen-bond donors (Lipinski definition) is 1. The zero-order valence-electron chi connectivity index (χ0n) is 17.8. The quantitative estimate of drug-likeness (QED) is 0.365. The summed E-state index contributed by atoms with van der Waals surface area (Å²) in [6, 6.07) is 9.07. The molecule has 1 N–H and O–H groups in total. The molecule has 1 aliphatic carbocycles. The van der Waals surface area contributed by atoms with Gasteiger partial charge in [0.15, 0.2) is 9.99 Å². The molecule has 1 saturated carbocycles. The molecule has 4 aromatic rings. The van der Waals surface area contributed by atoms with Crippen LogP contribution in [0.1, 0.15) is 50.0 Å². The number of aryl methyl sites for hydroxylation is 1. The molecule has 0 radical (unpaired) electrons. The Balaban J connectivity index is 1.23. The first-order chi connectivity index (χ1) is 15.5. The maximum Gasteiger partial charge on any atom is 0.287 e. The molecule has 0 saturated heterocycles. The summed E-state index contributed by atoms with van der Waals surface area (Å²) in [5.74, 6) is 1.98. The monoisotopic (exact) mass is 468 g/mol. The lowest BCUT2D eigenvalue weighted by molar-refractivity contribution is -0.116. The highest BCUT2D eigenvalue weighted by Gasteiger charge is 2.16. The molecule has 0 aliphatic heterocycles. The molecule has 0 bridgehead atoms. The lowest BCUT2D eigenvalue weighted by atomic mass is 10.0. The van der Waals surface area contributed by atoms with Crippen LogP contribution in [0.25, 0.3) is 15.9 Å². The molecule has 1 amide bonds. The number of amides is 1. The zero-order chi connectivity index (χ0) is 22.1. The van der Waals surface area contributed by atoms with Gasteiger partial charge in [0.2, 0.25) is 5.91 Å². The highest BCUT2D eigenvalue weighted by molar-refractivity contribution is 8.00. The number of thioether (sulfide) groups is 1. The van der Waals surface area contributed by atoms with Gasteiger partial charge in [-0.05, 0) is 37.5 Å². The molecule has 5 rings (SSSR count). The molecule has 1 aromatic carbocycles. The predicted molar refractivity (Wildman–Crippen MR) is 127 cm³/mol. The second-order valence-corrected chi connectivity index (χ2v) is 10.5. The maximum absolute atomic E-state index is 12.3. The van der Waals surface area contributed by atoms with Gasteiger partial charge in [-0.15, -0.1) is 15.9 Å². The molecule has 0 unspecified atom stereocenters. The Morgan fingerprint density at radius 1 is 1.25 bits per heavy atom. The van der Waals surface area contributed by atoms with E-state index in [0.29, 0.717) is 35.2 Å². The first kappa shape index (κ1) is 21.2. The smallest absolute Gasteiger partial charge is 0.287 e. The molecule has 1 fully saturated rings. The minimum Gasteiger partial charge on any atom is -0.375 e. The van der Waals surface area contributed by atoms with Crippen molar-refractivity contribution in [2.75, 3.05) is 5.32 Å². The van der Waals surface area contributed by atoms with Gasteiger partial charge >= 0.3 is 0 Å². The van der Waals surface area contributed by atoms with Gasteiger partial charge in [0.25, 0.3) is 5.56 Å². The molecule has 3 aromatic heterocycles. The summed E-state index contributed by atoms with van der Waals surface area (Å²) < 4.78 is 8.45. The van der Waals surface area contributed by atoms with Crippen molar-refractivity contribution >= 4 is 50.6 Å². The van der Waals surface area contributed by atoms with E-state index < -0.39 is 0 Å². The van der Waals surface area contributed by atoms with Crippen molar-refractivity contribution < 1.29 is 9.32 Å². The minimum atomic E-state index is -0.226. The minimum absolute atomic E-state index is 0.0811. The Labute approximate surface area is 193 Å². The number of anilines is 1. The SMILES string of the molecule is Cc1cc2nc(CSc3nc4ccc(NC(=O)CCC5CCCC5)cc4s3)cc(=O)n2o1. The third kappa shape index (κ3) is 4.73. The summed E-state index contributed by atoms with van der Waals surface area (Å²) in [6.45, 7) is 1.79. The standard InChI is InChI=1S/C23H24N4O3S2/c1-14-10-20-24-17(12-22(29)27(20)30-14)13-31-23-26-18-8-7-16(11-19(18)32-23)25-21(28)9-6-15-4-2-3-5-15/h7-8,10-12,15H,2-6,9,13H2,1H3,(H,25,28). The van der Waals surface area contributed by atoms with Gasteiger partial charge in [0.05, 0.1) is 15.9 Å². The number of aromatic nitrogens is 3. The first-order valence-corrected chi connectivity index (χ1v) is 12.7. The maximum atomic E-state index is 12.3. The molecule has 9 heteroatoms. The van der Waals surface area contributed by atoms with Gasteiger partial charge < -0.3 is 9.84 Å². The van der Waals surface area contributed by atoms with Gasteiger partial charge in [0, 0.05) is 30.0 Å².